The summed E-state index contributed by atoms with van der Waals surface area (Å²) >= 11 is 12.1. The van der Waals surface area contributed by atoms with Crippen molar-refractivity contribution in [3.63, 3.8) is 0 Å². The molecule has 2 fully saturated rings. The van der Waals surface area contributed by atoms with Gasteiger partial charge < -0.3 is 5.73 Å². The van der Waals surface area contributed by atoms with Crippen LogP contribution in [0.2, 0.25) is 10.0 Å². The predicted octanol–water partition coefficient (Wildman–Crippen LogP) is 3.52. The lowest BCUT2D eigenvalue weighted by molar-refractivity contribution is 0.503. The van der Waals surface area contributed by atoms with E-state index < -0.39 is 0 Å². The first-order valence-corrected chi connectivity index (χ1v) is 6.07. The molecule has 0 atom stereocenters. The van der Waals surface area contributed by atoms with Crippen LogP contribution >= 0.6 is 23.2 Å². The molecule has 1 aromatic carbocycles. The molecule has 15 heavy (non-hydrogen) atoms. The maximum absolute atomic E-state index is 6.33. The Morgan fingerprint density at radius 3 is 1.87 bits per heavy atom. The molecule has 0 radical (unpaired) electrons. The van der Waals surface area contributed by atoms with Gasteiger partial charge in [-0.2, -0.15) is 0 Å². The highest BCUT2D eigenvalue weighted by atomic mass is 35.5. The third-order valence-corrected chi connectivity index (χ3v) is 4.34. The van der Waals surface area contributed by atoms with E-state index in [9.17, 15) is 0 Å². The number of hydrogen-bond donors (Lipinski definition) is 1. The third kappa shape index (κ3) is 1.41. The van der Waals surface area contributed by atoms with E-state index in [1.165, 1.54) is 18.4 Å². The molecule has 0 aliphatic heterocycles. The molecule has 1 nitrogen and oxygen atoms in total. The fourth-order valence-electron chi connectivity index (χ4n) is 2.64. The quantitative estimate of drug-likeness (QED) is 0.843. The van der Waals surface area contributed by atoms with Crippen LogP contribution in [0.3, 0.4) is 0 Å². The molecule has 0 saturated heterocycles. The van der Waals surface area contributed by atoms with Crippen LogP contribution < -0.4 is 5.73 Å². The van der Waals surface area contributed by atoms with Gasteiger partial charge in [0.25, 0.3) is 0 Å². The molecule has 2 N–H and O–H groups in total. The SMILES string of the molecule is NC1(C2(c3cc(Cl)cc(Cl)c3)CC2)CC1. The van der Waals surface area contributed by atoms with Crippen LogP contribution in [-0.4, -0.2) is 5.54 Å². The molecule has 2 aliphatic rings. The number of halogens is 2. The van der Waals surface area contributed by atoms with Crippen molar-refractivity contribution < 1.29 is 0 Å². The Balaban J connectivity index is 2.06. The zero-order valence-electron chi connectivity index (χ0n) is 8.39. The highest BCUT2D eigenvalue weighted by Gasteiger charge is 2.64. The van der Waals surface area contributed by atoms with Gasteiger partial charge in [-0.05, 0) is 49.4 Å². The normalized spacial score (nSPS) is 25.0. The van der Waals surface area contributed by atoms with Crippen LogP contribution in [0.5, 0.6) is 0 Å². The molecule has 2 aliphatic carbocycles. The molecule has 0 unspecified atom stereocenters. The van der Waals surface area contributed by atoms with Gasteiger partial charge in [-0.1, -0.05) is 23.2 Å². The van der Waals surface area contributed by atoms with Gasteiger partial charge in [-0.25, -0.2) is 0 Å². The first kappa shape index (κ1) is 9.95. The van der Waals surface area contributed by atoms with Crippen molar-refractivity contribution >= 4 is 23.2 Å². The Morgan fingerprint density at radius 1 is 0.933 bits per heavy atom. The van der Waals surface area contributed by atoms with Crippen LogP contribution in [0.1, 0.15) is 31.2 Å². The zero-order valence-corrected chi connectivity index (χ0v) is 9.91. The molecule has 0 aromatic heterocycles. The van der Waals surface area contributed by atoms with Gasteiger partial charge in [0, 0.05) is 21.0 Å². The van der Waals surface area contributed by atoms with Gasteiger partial charge in [0.05, 0.1) is 0 Å². The lowest BCUT2D eigenvalue weighted by Crippen LogP contribution is -2.37. The molecule has 1 aromatic rings. The van der Waals surface area contributed by atoms with Crippen LogP contribution in [0.25, 0.3) is 0 Å². The summed E-state index contributed by atoms with van der Waals surface area (Å²) in [4.78, 5) is 0. The van der Waals surface area contributed by atoms with E-state index in [1.54, 1.807) is 6.07 Å². The molecule has 0 amide bonds. The Bertz CT molecular complexity index is 399. The van der Waals surface area contributed by atoms with E-state index in [-0.39, 0.29) is 11.0 Å². The predicted molar refractivity (Wildman–Crippen MR) is 63.5 cm³/mol. The third-order valence-electron chi connectivity index (χ3n) is 3.91. The maximum atomic E-state index is 6.33. The number of benzene rings is 1. The lowest BCUT2D eigenvalue weighted by Gasteiger charge is -2.23. The van der Waals surface area contributed by atoms with Gasteiger partial charge in [-0.3, -0.25) is 0 Å². The van der Waals surface area contributed by atoms with Crippen molar-refractivity contribution in [1.29, 1.82) is 0 Å². The Morgan fingerprint density at radius 2 is 1.47 bits per heavy atom. The largest absolute Gasteiger partial charge is 0.324 e. The second kappa shape index (κ2) is 2.91. The number of hydrogen-bond acceptors (Lipinski definition) is 1. The minimum atomic E-state index is 0.0288. The van der Waals surface area contributed by atoms with Crippen LogP contribution in [0.15, 0.2) is 18.2 Å². The fraction of sp³-hybridized carbons (Fsp3) is 0.500. The standard InChI is InChI=1S/C12H13Cl2N/c13-9-5-8(6-10(14)7-9)11(1-2-11)12(15)3-4-12/h5-7H,1-4,15H2. The maximum Gasteiger partial charge on any atom is 0.0423 e. The number of rotatable bonds is 2. The van der Waals surface area contributed by atoms with Crippen molar-refractivity contribution in [3.05, 3.63) is 33.8 Å². The van der Waals surface area contributed by atoms with E-state index in [2.05, 4.69) is 0 Å². The van der Waals surface area contributed by atoms with Crippen molar-refractivity contribution in [2.75, 3.05) is 0 Å². The molecule has 80 valence electrons. The van der Waals surface area contributed by atoms with Gasteiger partial charge in [-0.15, -0.1) is 0 Å². The molecule has 3 rings (SSSR count). The van der Waals surface area contributed by atoms with E-state index in [0.717, 1.165) is 12.8 Å². The summed E-state index contributed by atoms with van der Waals surface area (Å²) in [5.74, 6) is 0. The highest BCUT2D eigenvalue weighted by Crippen LogP contribution is 2.63. The van der Waals surface area contributed by atoms with E-state index >= 15 is 0 Å². The highest BCUT2D eigenvalue weighted by molar-refractivity contribution is 6.34. The summed E-state index contributed by atoms with van der Waals surface area (Å²) < 4.78 is 0. The number of nitrogens with two attached hydrogens (primary N) is 1. The van der Waals surface area contributed by atoms with E-state index in [1.807, 2.05) is 12.1 Å². The molecule has 3 heteroatoms. The first-order chi connectivity index (χ1) is 7.06. The summed E-state index contributed by atoms with van der Waals surface area (Å²) in [7, 11) is 0. The topological polar surface area (TPSA) is 26.0 Å². The minimum Gasteiger partial charge on any atom is -0.324 e. The molecule has 0 bridgehead atoms. The average molecular weight is 242 g/mol. The second-order valence-corrected chi connectivity index (χ2v) is 5.77. The summed E-state index contributed by atoms with van der Waals surface area (Å²) in [6, 6.07) is 5.82. The molecule has 0 spiro atoms. The Hall–Kier alpha value is -0.240. The van der Waals surface area contributed by atoms with Crippen LogP contribution in [-0.2, 0) is 5.41 Å². The van der Waals surface area contributed by atoms with Gasteiger partial charge in [0.2, 0.25) is 0 Å². The monoisotopic (exact) mass is 241 g/mol. The zero-order chi connectivity index (χ0) is 10.7. The molecule has 0 heterocycles. The van der Waals surface area contributed by atoms with Crippen molar-refractivity contribution in [3.8, 4) is 0 Å². The van der Waals surface area contributed by atoms with Crippen molar-refractivity contribution in [2.24, 2.45) is 5.73 Å². The summed E-state index contributed by atoms with van der Waals surface area (Å²) in [6.45, 7) is 0. The van der Waals surface area contributed by atoms with Crippen molar-refractivity contribution in [1.82, 2.24) is 0 Å². The summed E-state index contributed by atoms with van der Waals surface area (Å²) in [5, 5.41) is 1.43. The molecular formula is C12H13Cl2N. The van der Waals surface area contributed by atoms with Crippen LogP contribution in [0, 0.1) is 0 Å². The van der Waals surface area contributed by atoms with E-state index in [0.29, 0.717) is 10.0 Å². The summed E-state index contributed by atoms with van der Waals surface area (Å²) in [6.07, 6.45) is 4.63. The lowest BCUT2D eigenvalue weighted by atomic mass is 9.86. The smallest absolute Gasteiger partial charge is 0.0423 e. The molecule has 2 saturated carbocycles. The van der Waals surface area contributed by atoms with E-state index in [4.69, 9.17) is 28.9 Å². The van der Waals surface area contributed by atoms with Crippen molar-refractivity contribution in [2.45, 2.75) is 36.6 Å². The first-order valence-electron chi connectivity index (χ1n) is 5.31. The molecular weight excluding hydrogens is 229 g/mol. The minimum absolute atomic E-state index is 0.0288. The van der Waals surface area contributed by atoms with Gasteiger partial charge >= 0.3 is 0 Å². The fourth-order valence-corrected chi connectivity index (χ4v) is 3.17. The second-order valence-electron chi connectivity index (χ2n) is 4.90. The average Bonchev–Trinajstić information content (AvgIpc) is 2.96. The van der Waals surface area contributed by atoms with Crippen LogP contribution in [0.4, 0.5) is 0 Å². The summed E-state index contributed by atoms with van der Waals surface area (Å²) in [5.41, 5.74) is 7.78. The van der Waals surface area contributed by atoms with Gasteiger partial charge in [0.1, 0.15) is 0 Å². The Kier molecular flexibility index (Phi) is 1.93. The van der Waals surface area contributed by atoms with Gasteiger partial charge in [0.15, 0.2) is 0 Å². The Labute approximate surface area is 99.6 Å².